The van der Waals surface area contributed by atoms with Gasteiger partial charge in [0.2, 0.25) is 0 Å². The molecule has 43 heavy (non-hydrogen) atoms. The van der Waals surface area contributed by atoms with Crippen LogP contribution in [0.3, 0.4) is 0 Å². The number of pyridine rings is 1. The minimum absolute atomic E-state index is 0.168. The fourth-order valence-electron chi connectivity index (χ4n) is 7.52. The molecule has 1 aromatic heterocycles. The molecule has 0 amide bonds. The molecule has 7 aromatic carbocycles. The maximum absolute atomic E-state index is 5.40. The number of fused-ring (bicyclic) bond motifs is 8. The third kappa shape index (κ3) is 3.43. The Morgan fingerprint density at radius 3 is 1.93 bits per heavy atom. The molecule has 0 N–H and O–H groups in total. The smallest absolute Gasteiger partial charge is 0.0760 e. The van der Waals surface area contributed by atoms with E-state index in [1.165, 1.54) is 76.6 Å². The number of benzene rings is 7. The third-order valence-corrected chi connectivity index (χ3v) is 9.60. The molecule has 8 aromatic rings. The van der Waals surface area contributed by atoms with Gasteiger partial charge in [0.05, 0.1) is 11.2 Å². The van der Waals surface area contributed by atoms with Gasteiger partial charge >= 0.3 is 0 Å². The lowest BCUT2D eigenvalue weighted by Gasteiger charge is -2.23. The van der Waals surface area contributed by atoms with Crippen molar-refractivity contribution in [3.8, 4) is 33.5 Å². The van der Waals surface area contributed by atoms with E-state index in [1.54, 1.807) is 0 Å². The summed E-state index contributed by atoms with van der Waals surface area (Å²) in [4.78, 5) is 5.40. The molecule has 1 heteroatoms. The monoisotopic (exact) mass is 547 g/mol. The number of para-hydroxylation sites is 1. The Morgan fingerprint density at radius 1 is 0.442 bits per heavy atom. The fourth-order valence-corrected chi connectivity index (χ4v) is 7.52. The van der Waals surface area contributed by atoms with Crippen LogP contribution in [0.4, 0.5) is 0 Å². The molecule has 0 aliphatic heterocycles. The van der Waals surface area contributed by atoms with Crippen LogP contribution in [-0.2, 0) is 5.41 Å². The third-order valence-electron chi connectivity index (χ3n) is 9.60. The van der Waals surface area contributed by atoms with Gasteiger partial charge in [-0.1, -0.05) is 135 Å². The molecule has 1 nitrogen and oxygen atoms in total. The maximum atomic E-state index is 5.40. The normalized spacial score (nSPS) is 13.5. The maximum Gasteiger partial charge on any atom is 0.0760 e. The summed E-state index contributed by atoms with van der Waals surface area (Å²) in [6, 6.07) is 51.1. The van der Waals surface area contributed by atoms with Crippen molar-refractivity contribution < 1.29 is 0 Å². The van der Waals surface area contributed by atoms with Gasteiger partial charge in [0.1, 0.15) is 0 Å². The van der Waals surface area contributed by atoms with Gasteiger partial charge in [-0.3, -0.25) is 0 Å². The van der Waals surface area contributed by atoms with E-state index in [-0.39, 0.29) is 5.41 Å². The molecule has 1 heterocycles. The number of hydrogen-bond acceptors (Lipinski definition) is 1. The number of aromatic nitrogens is 1. The van der Waals surface area contributed by atoms with Gasteiger partial charge < -0.3 is 0 Å². The SMILES string of the molecule is CC1(C)c2cc3ccccc3nc2-c2c1ccc1c(-c3ccc4ccccc4c3)c3ccccc3c(-c3ccccc3)c21. The second kappa shape index (κ2) is 8.86. The number of hydrogen-bond donors (Lipinski definition) is 0. The van der Waals surface area contributed by atoms with Crippen LogP contribution in [0.15, 0.2) is 140 Å². The van der Waals surface area contributed by atoms with Gasteiger partial charge in [0.25, 0.3) is 0 Å². The van der Waals surface area contributed by atoms with Crippen molar-refractivity contribution >= 4 is 43.2 Å². The largest absolute Gasteiger partial charge is 0.247 e. The Kier molecular flexibility index (Phi) is 5.02. The van der Waals surface area contributed by atoms with Crippen LogP contribution < -0.4 is 0 Å². The first-order chi connectivity index (χ1) is 21.1. The molecule has 9 rings (SSSR count). The van der Waals surface area contributed by atoms with Gasteiger partial charge in [-0.05, 0) is 78.5 Å². The van der Waals surface area contributed by atoms with Crippen LogP contribution in [0, 0.1) is 0 Å². The number of rotatable bonds is 2. The average molecular weight is 548 g/mol. The van der Waals surface area contributed by atoms with Crippen molar-refractivity contribution in [2.24, 2.45) is 0 Å². The van der Waals surface area contributed by atoms with E-state index in [0.717, 1.165) is 11.2 Å². The summed E-state index contributed by atoms with van der Waals surface area (Å²) in [6.07, 6.45) is 0. The molecule has 1 aliphatic rings. The summed E-state index contributed by atoms with van der Waals surface area (Å²) < 4.78 is 0. The lowest BCUT2D eigenvalue weighted by Crippen LogP contribution is -2.15. The van der Waals surface area contributed by atoms with Crippen molar-refractivity contribution in [2.45, 2.75) is 19.3 Å². The summed E-state index contributed by atoms with van der Waals surface area (Å²) >= 11 is 0. The summed E-state index contributed by atoms with van der Waals surface area (Å²) in [7, 11) is 0. The zero-order valence-corrected chi connectivity index (χ0v) is 24.2. The van der Waals surface area contributed by atoms with Gasteiger partial charge in [0, 0.05) is 21.8 Å². The molecule has 0 saturated heterocycles. The van der Waals surface area contributed by atoms with Gasteiger partial charge in [0.15, 0.2) is 0 Å². The lowest BCUT2D eigenvalue weighted by molar-refractivity contribution is 0.660. The van der Waals surface area contributed by atoms with E-state index in [9.17, 15) is 0 Å². The van der Waals surface area contributed by atoms with Gasteiger partial charge in [-0.2, -0.15) is 0 Å². The Bertz CT molecular complexity index is 2410. The molecular formula is C42H29N. The highest BCUT2D eigenvalue weighted by Gasteiger charge is 2.39. The van der Waals surface area contributed by atoms with Gasteiger partial charge in [-0.25, -0.2) is 4.98 Å². The highest BCUT2D eigenvalue weighted by Crippen LogP contribution is 2.55. The molecule has 0 spiro atoms. The van der Waals surface area contributed by atoms with Crippen LogP contribution in [0.2, 0.25) is 0 Å². The van der Waals surface area contributed by atoms with E-state index >= 15 is 0 Å². The Labute approximate surface area is 251 Å². The van der Waals surface area contributed by atoms with Crippen LogP contribution in [0.5, 0.6) is 0 Å². The predicted octanol–water partition coefficient (Wildman–Crippen LogP) is 11.3. The summed E-state index contributed by atoms with van der Waals surface area (Å²) in [6.45, 7) is 4.71. The van der Waals surface area contributed by atoms with Crippen molar-refractivity contribution in [1.82, 2.24) is 4.98 Å². The standard InChI is InChI=1S/C42H29N/c1-42(2)34-23-22-33-37(30-21-20-26-12-6-7-15-28(26)24-30)31-17-9-10-18-32(31)38(27-13-4-3-5-14-27)39(33)40(34)41-35(42)25-29-16-8-11-19-36(29)43-41/h3-25H,1-2H3. The molecular weight excluding hydrogens is 518 g/mol. The van der Waals surface area contributed by atoms with E-state index in [1.807, 2.05) is 0 Å². The van der Waals surface area contributed by atoms with Crippen molar-refractivity contribution in [3.05, 3.63) is 151 Å². The Hall–Kier alpha value is -5.27. The first-order valence-corrected chi connectivity index (χ1v) is 15.1. The van der Waals surface area contributed by atoms with Crippen LogP contribution in [-0.4, -0.2) is 4.98 Å². The lowest BCUT2D eigenvalue weighted by atomic mass is 9.79. The molecule has 0 bridgehead atoms. The molecule has 0 radical (unpaired) electrons. The zero-order valence-electron chi connectivity index (χ0n) is 24.2. The van der Waals surface area contributed by atoms with Crippen LogP contribution in [0.25, 0.3) is 76.7 Å². The van der Waals surface area contributed by atoms with E-state index in [4.69, 9.17) is 4.98 Å². The van der Waals surface area contributed by atoms with Crippen LogP contribution in [0.1, 0.15) is 25.0 Å². The minimum Gasteiger partial charge on any atom is -0.247 e. The summed E-state index contributed by atoms with van der Waals surface area (Å²) in [5, 5.41) is 8.80. The molecule has 1 aliphatic carbocycles. The molecule has 202 valence electrons. The topological polar surface area (TPSA) is 12.9 Å². The van der Waals surface area contributed by atoms with Crippen molar-refractivity contribution in [1.29, 1.82) is 0 Å². The van der Waals surface area contributed by atoms with E-state index in [0.29, 0.717) is 0 Å². The predicted molar refractivity (Wildman–Crippen MR) is 183 cm³/mol. The molecule has 0 fully saturated rings. The van der Waals surface area contributed by atoms with Crippen LogP contribution >= 0.6 is 0 Å². The fraction of sp³-hybridized carbons (Fsp3) is 0.0714. The van der Waals surface area contributed by atoms with E-state index in [2.05, 4.69) is 153 Å². The molecule has 0 saturated carbocycles. The van der Waals surface area contributed by atoms with E-state index < -0.39 is 0 Å². The quantitative estimate of drug-likeness (QED) is 0.196. The first-order valence-electron chi connectivity index (χ1n) is 15.1. The highest BCUT2D eigenvalue weighted by molar-refractivity contribution is 6.26. The zero-order chi connectivity index (χ0) is 28.7. The second-order valence-electron chi connectivity index (χ2n) is 12.3. The molecule has 0 unspecified atom stereocenters. The Morgan fingerprint density at radius 2 is 1.12 bits per heavy atom. The minimum atomic E-state index is -0.168. The number of nitrogens with zero attached hydrogens (tertiary/aromatic N) is 1. The summed E-state index contributed by atoms with van der Waals surface area (Å²) in [5.41, 5.74) is 10.9. The second-order valence-corrected chi connectivity index (χ2v) is 12.3. The molecule has 0 atom stereocenters. The highest BCUT2D eigenvalue weighted by atomic mass is 14.7. The first kappa shape index (κ1) is 24.3. The van der Waals surface area contributed by atoms with Gasteiger partial charge in [-0.15, -0.1) is 0 Å². The summed E-state index contributed by atoms with van der Waals surface area (Å²) in [5.74, 6) is 0. The average Bonchev–Trinajstić information content (AvgIpc) is 3.28. The Balaban J connectivity index is 1.51. The van der Waals surface area contributed by atoms with Crippen molar-refractivity contribution in [3.63, 3.8) is 0 Å². The van der Waals surface area contributed by atoms with Crippen molar-refractivity contribution in [2.75, 3.05) is 0 Å².